The molecule has 36 heavy (non-hydrogen) atoms. The molecular weight excluding hydrogens is 479 g/mol. The summed E-state index contributed by atoms with van der Waals surface area (Å²) >= 11 is 6.73. The number of amides is 2. The first kappa shape index (κ1) is 24.6. The number of pyridine rings is 1. The molecule has 5 rings (SSSR count). The summed E-state index contributed by atoms with van der Waals surface area (Å²) in [5, 5.41) is 0.313. The topological polar surface area (TPSA) is 65.9 Å². The molecule has 3 heterocycles. The van der Waals surface area contributed by atoms with Gasteiger partial charge in [0.25, 0.3) is 5.91 Å². The molecule has 3 aliphatic rings. The molecule has 0 bridgehead atoms. The predicted octanol–water partition coefficient (Wildman–Crippen LogP) is 5.14. The Morgan fingerprint density at radius 2 is 1.86 bits per heavy atom. The van der Waals surface area contributed by atoms with Crippen LogP contribution in [-0.4, -0.2) is 57.6 Å². The SMILES string of the molecule is C=CC(=O)N1CC(C)N(C2=NC(=O)C3(CCCCC3)c3nc(-c4ccccc4F)c(Cl)cc32)CC1C. The predicted molar refractivity (Wildman–Crippen MR) is 138 cm³/mol. The Balaban J connectivity index is 1.64. The second kappa shape index (κ2) is 9.43. The Morgan fingerprint density at radius 1 is 1.14 bits per heavy atom. The molecule has 2 unspecified atom stereocenters. The highest BCUT2D eigenvalue weighted by Gasteiger charge is 2.49. The van der Waals surface area contributed by atoms with Gasteiger partial charge < -0.3 is 9.80 Å². The lowest BCUT2D eigenvalue weighted by molar-refractivity contribution is -0.131. The largest absolute Gasteiger partial charge is 0.349 e. The van der Waals surface area contributed by atoms with E-state index in [1.165, 1.54) is 12.1 Å². The number of aliphatic imine (C=N–C) groups is 1. The summed E-state index contributed by atoms with van der Waals surface area (Å²) in [7, 11) is 0. The third-order valence-electron chi connectivity index (χ3n) is 7.84. The maximum absolute atomic E-state index is 14.8. The van der Waals surface area contributed by atoms with Crippen molar-refractivity contribution < 1.29 is 14.0 Å². The number of carbonyl (C=O) groups is 2. The first-order chi connectivity index (χ1) is 17.3. The lowest BCUT2D eigenvalue weighted by Crippen LogP contribution is -2.60. The number of benzene rings is 1. The number of hydrogen-bond donors (Lipinski definition) is 0. The molecule has 1 saturated carbocycles. The summed E-state index contributed by atoms with van der Waals surface area (Å²) in [6.45, 7) is 8.59. The molecule has 2 aliphatic heterocycles. The van der Waals surface area contributed by atoms with E-state index in [0.29, 0.717) is 53.7 Å². The number of aromatic nitrogens is 1. The number of nitrogens with zero attached hydrogens (tertiary/aromatic N) is 4. The van der Waals surface area contributed by atoms with Gasteiger partial charge in [-0.3, -0.25) is 9.59 Å². The minimum atomic E-state index is -0.822. The smallest absolute Gasteiger partial charge is 0.259 e. The van der Waals surface area contributed by atoms with E-state index in [9.17, 15) is 14.0 Å². The van der Waals surface area contributed by atoms with Crippen LogP contribution >= 0.6 is 11.6 Å². The number of halogens is 2. The van der Waals surface area contributed by atoms with E-state index >= 15 is 0 Å². The Hall–Kier alpha value is -3.06. The van der Waals surface area contributed by atoms with Crippen LogP contribution < -0.4 is 0 Å². The first-order valence-electron chi connectivity index (χ1n) is 12.6. The molecule has 1 aliphatic carbocycles. The molecule has 1 spiro atoms. The Morgan fingerprint density at radius 3 is 2.56 bits per heavy atom. The summed E-state index contributed by atoms with van der Waals surface area (Å²) in [6, 6.07) is 8.02. The first-order valence-corrected chi connectivity index (χ1v) is 12.9. The molecule has 188 valence electrons. The Labute approximate surface area is 215 Å². The van der Waals surface area contributed by atoms with Crippen LogP contribution in [0.5, 0.6) is 0 Å². The number of rotatable bonds is 2. The Kier molecular flexibility index (Phi) is 6.45. The average Bonchev–Trinajstić information content (AvgIpc) is 2.88. The molecule has 1 aromatic carbocycles. The normalized spacial score (nSPS) is 23.3. The lowest BCUT2D eigenvalue weighted by atomic mass is 9.68. The minimum absolute atomic E-state index is 0.0880. The van der Waals surface area contributed by atoms with Crippen molar-refractivity contribution in [3.63, 3.8) is 0 Å². The lowest BCUT2D eigenvalue weighted by Gasteiger charge is -2.47. The van der Waals surface area contributed by atoms with Gasteiger partial charge in [0, 0.05) is 36.3 Å². The van der Waals surface area contributed by atoms with E-state index in [4.69, 9.17) is 16.6 Å². The van der Waals surface area contributed by atoms with Gasteiger partial charge in [-0.2, -0.15) is 4.99 Å². The number of fused-ring (bicyclic) bond motifs is 2. The zero-order chi connectivity index (χ0) is 25.6. The molecule has 2 atom stereocenters. The fourth-order valence-corrected chi connectivity index (χ4v) is 6.16. The van der Waals surface area contributed by atoms with Crippen LogP contribution in [0, 0.1) is 5.82 Å². The zero-order valence-electron chi connectivity index (χ0n) is 20.6. The fraction of sp³-hybridized carbons (Fsp3) is 0.429. The van der Waals surface area contributed by atoms with Crippen LogP contribution in [-0.2, 0) is 15.0 Å². The number of carbonyl (C=O) groups excluding carboxylic acids is 2. The maximum atomic E-state index is 14.8. The molecule has 2 fully saturated rings. The molecule has 1 saturated heterocycles. The highest BCUT2D eigenvalue weighted by molar-refractivity contribution is 6.33. The van der Waals surface area contributed by atoms with Gasteiger partial charge in [0.2, 0.25) is 5.91 Å². The number of piperazine rings is 1. The van der Waals surface area contributed by atoms with Crippen molar-refractivity contribution in [1.82, 2.24) is 14.8 Å². The summed E-state index contributed by atoms with van der Waals surface area (Å²) in [6.07, 6.45) is 5.53. The van der Waals surface area contributed by atoms with Gasteiger partial charge >= 0.3 is 0 Å². The highest BCUT2D eigenvalue weighted by Crippen LogP contribution is 2.46. The van der Waals surface area contributed by atoms with Crippen LogP contribution in [0.2, 0.25) is 5.02 Å². The molecule has 1 aromatic heterocycles. The van der Waals surface area contributed by atoms with Crippen LogP contribution in [0.3, 0.4) is 0 Å². The molecule has 8 heteroatoms. The van der Waals surface area contributed by atoms with Crippen molar-refractivity contribution in [2.75, 3.05) is 13.1 Å². The third-order valence-corrected chi connectivity index (χ3v) is 8.13. The number of amidine groups is 1. The third kappa shape index (κ3) is 3.94. The second-order valence-corrected chi connectivity index (χ2v) is 10.5. The summed E-state index contributed by atoms with van der Waals surface area (Å²) in [5.74, 6) is -0.184. The molecule has 2 aromatic rings. The summed E-state index contributed by atoms with van der Waals surface area (Å²) in [4.78, 5) is 39.6. The second-order valence-electron chi connectivity index (χ2n) is 10.1. The van der Waals surface area contributed by atoms with Gasteiger partial charge in [0.1, 0.15) is 11.7 Å². The monoisotopic (exact) mass is 508 g/mol. The fourth-order valence-electron chi connectivity index (χ4n) is 5.90. The van der Waals surface area contributed by atoms with Crippen LogP contribution in [0.25, 0.3) is 11.3 Å². The quantitative estimate of drug-likeness (QED) is 0.527. The molecule has 0 N–H and O–H groups in total. The van der Waals surface area contributed by atoms with Gasteiger partial charge in [-0.25, -0.2) is 9.37 Å². The van der Waals surface area contributed by atoms with E-state index in [-0.39, 0.29) is 23.9 Å². The van der Waals surface area contributed by atoms with Gasteiger partial charge in [-0.05, 0) is 51.0 Å². The molecule has 6 nitrogen and oxygen atoms in total. The number of hydrogen-bond acceptors (Lipinski definition) is 4. The van der Waals surface area contributed by atoms with Crippen molar-refractivity contribution in [3.8, 4) is 11.3 Å². The van der Waals surface area contributed by atoms with Crippen LogP contribution in [0.1, 0.15) is 57.2 Å². The van der Waals surface area contributed by atoms with Crippen molar-refractivity contribution in [1.29, 1.82) is 0 Å². The van der Waals surface area contributed by atoms with Gasteiger partial charge in [-0.1, -0.05) is 49.6 Å². The average molecular weight is 509 g/mol. The minimum Gasteiger partial charge on any atom is -0.349 e. The molecule has 2 amide bonds. The molecule has 0 radical (unpaired) electrons. The highest BCUT2D eigenvalue weighted by atomic mass is 35.5. The van der Waals surface area contributed by atoms with Crippen LogP contribution in [0.15, 0.2) is 48.0 Å². The van der Waals surface area contributed by atoms with Crippen molar-refractivity contribution in [2.24, 2.45) is 4.99 Å². The standard InChI is InChI=1S/C28H30ClFN4O2/c1-4-23(35)33-15-18(3)34(16-17(33)2)26-20-14-21(29)24(19-10-6-7-11-22(19)30)31-25(20)28(27(36)32-26)12-8-5-9-13-28/h4,6-7,10-11,14,17-18H,1,5,8-9,12-13,15-16H2,2-3H3. The van der Waals surface area contributed by atoms with E-state index in [0.717, 1.165) is 24.8 Å². The maximum Gasteiger partial charge on any atom is 0.259 e. The van der Waals surface area contributed by atoms with Crippen molar-refractivity contribution >= 4 is 29.3 Å². The van der Waals surface area contributed by atoms with E-state index in [1.54, 1.807) is 29.2 Å². The van der Waals surface area contributed by atoms with E-state index in [1.807, 2.05) is 13.8 Å². The summed E-state index contributed by atoms with van der Waals surface area (Å²) in [5.41, 5.74) is 1.20. The Bertz CT molecular complexity index is 1270. The van der Waals surface area contributed by atoms with Gasteiger partial charge in [-0.15, -0.1) is 0 Å². The van der Waals surface area contributed by atoms with Gasteiger partial charge in [0.15, 0.2) is 0 Å². The van der Waals surface area contributed by atoms with Crippen LogP contribution in [0.4, 0.5) is 4.39 Å². The van der Waals surface area contributed by atoms with E-state index in [2.05, 4.69) is 16.5 Å². The van der Waals surface area contributed by atoms with Crippen molar-refractivity contribution in [3.05, 3.63) is 65.1 Å². The van der Waals surface area contributed by atoms with Crippen molar-refractivity contribution in [2.45, 2.75) is 63.5 Å². The zero-order valence-corrected chi connectivity index (χ0v) is 21.4. The van der Waals surface area contributed by atoms with E-state index < -0.39 is 11.2 Å². The van der Waals surface area contributed by atoms with Gasteiger partial charge in [0.05, 0.1) is 21.8 Å². The summed E-state index contributed by atoms with van der Waals surface area (Å²) < 4.78 is 14.8. The molecular formula is C28H30ClFN4O2.